The molecule has 0 saturated heterocycles. The topological polar surface area (TPSA) is 95.7 Å². The van der Waals surface area contributed by atoms with Crippen LogP contribution in [-0.2, 0) is 0 Å². The number of nitrogens with one attached hydrogen (secondary N) is 3. The summed E-state index contributed by atoms with van der Waals surface area (Å²) in [5, 5.41) is 6.06. The Balaban J connectivity index is 1.68. The normalized spacial score (nSPS) is 14.2. The van der Waals surface area contributed by atoms with Crippen molar-refractivity contribution in [1.29, 1.82) is 0 Å². The maximum atomic E-state index is 13.0. The van der Waals surface area contributed by atoms with Gasteiger partial charge in [0.15, 0.2) is 5.76 Å². The highest BCUT2D eigenvalue weighted by Gasteiger charge is 2.28. The fraction of sp³-hybridized carbons (Fsp3) is 0.200. The number of H-pyrrole nitrogens is 1. The first kappa shape index (κ1) is 22.2. The van der Waals surface area contributed by atoms with E-state index in [0.717, 1.165) is 34.3 Å². The first-order valence-electron chi connectivity index (χ1n) is 10.5. The van der Waals surface area contributed by atoms with E-state index < -0.39 is 0 Å². The number of aromatic amines is 1. The highest BCUT2D eigenvalue weighted by molar-refractivity contribution is 6.16. The van der Waals surface area contributed by atoms with Crippen molar-refractivity contribution in [2.24, 2.45) is 0 Å². The van der Waals surface area contributed by atoms with Gasteiger partial charge < -0.3 is 30.0 Å². The standard InChI is InChI=1S/C25H26N4O4/c1-26-25(31)28-17-7-8-21-20(12-17)24(30)22(33-21)11-16-14-27-23-15(6-5-9-29(2)3)10-18(32-4)13-19(16)23/h5-8,10-14,27H,9H2,1-4H3,(H2,26,28,31). The number of hydrogen-bond acceptors (Lipinski definition) is 5. The van der Waals surface area contributed by atoms with Crippen molar-refractivity contribution in [1.82, 2.24) is 15.2 Å². The first-order valence-corrected chi connectivity index (χ1v) is 10.5. The maximum Gasteiger partial charge on any atom is 0.318 e. The summed E-state index contributed by atoms with van der Waals surface area (Å²) in [6, 6.07) is 8.51. The number of allylic oxidation sites excluding steroid dienone is 1. The lowest BCUT2D eigenvalue weighted by Crippen LogP contribution is -2.24. The molecule has 0 fully saturated rings. The van der Waals surface area contributed by atoms with Crippen LogP contribution < -0.4 is 20.1 Å². The van der Waals surface area contributed by atoms with Crippen molar-refractivity contribution in [2.45, 2.75) is 0 Å². The van der Waals surface area contributed by atoms with Crippen molar-refractivity contribution in [3.63, 3.8) is 0 Å². The number of ether oxygens (including phenoxy) is 2. The fourth-order valence-electron chi connectivity index (χ4n) is 3.61. The van der Waals surface area contributed by atoms with E-state index in [1.807, 2.05) is 38.5 Å². The van der Waals surface area contributed by atoms with Gasteiger partial charge in [-0.25, -0.2) is 4.79 Å². The van der Waals surface area contributed by atoms with Crippen molar-refractivity contribution in [3.05, 3.63) is 65.1 Å². The van der Waals surface area contributed by atoms with Crippen LogP contribution in [0.15, 0.2) is 48.4 Å². The summed E-state index contributed by atoms with van der Waals surface area (Å²) in [7, 11) is 7.18. The lowest BCUT2D eigenvalue weighted by Gasteiger charge is -2.06. The second kappa shape index (κ2) is 9.22. The van der Waals surface area contributed by atoms with E-state index in [9.17, 15) is 9.59 Å². The number of ketones is 1. The van der Waals surface area contributed by atoms with Crippen LogP contribution >= 0.6 is 0 Å². The number of carbonyl (C=O) groups excluding carboxylic acids is 2. The molecule has 0 spiro atoms. The number of anilines is 1. The Morgan fingerprint density at radius 2 is 2.03 bits per heavy atom. The van der Waals surface area contributed by atoms with Gasteiger partial charge in [-0.3, -0.25) is 4.79 Å². The molecule has 2 aromatic carbocycles. The zero-order valence-corrected chi connectivity index (χ0v) is 19.0. The molecule has 3 aromatic rings. The molecule has 1 aromatic heterocycles. The Morgan fingerprint density at radius 3 is 2.76 bits per heavy atom. The Kier molecular flexibility index (Phi) is 6.19. The molecule has 4 rings (SSSR count). The molecule has 0 unspecified atom stereocenters. The monoisotopic (exact) mass is 446 g/mol. The van der Waals surface area contributed by atoms with Crippen LogP contribution in [0.2, 0.25) is 0 Å². The number of aromatic nitrogens is 1. The third kappa shape index (κ3) is 4.61. The zero-order valence-electron chi connectivity index (χ0n) is 19.0. The molecule has 8 nitrogen and oxygen atoms in total. The minimum Gasteiger partial charge on any atom is -0.497 e. The van der Waals surface area contributed by atoms with Crippen LogP contribution in [-0.4, -0.2) is 56.5 Å². The molecule has 0 radical (unpaired) electrons. The second-order valence-electron chi connectivity index (χ2n) is 7.90. The van der Waals surface area contributed by atoms with Crippen molar-refractivity contribution in [3.8, 4) is 11.5 Å². The summed E-state index contributed by atoms with van der Waals surface area (Å²) >= 11 is 0. The molecule has 0 bridgehead atoms. The molecule has 0 saturated carbocycles. The van der Waals surface area contributed by atoms with E-state index in [1.165, 1.54) is 7.05 Å². The minimum absolute atomic E-state index is 0.218. The third-order valence-corrected chi connectivity index (χ3v) is 5.27. The van der Waals surface area contributed by atoms with Crippen LogP contribution in [0.1, 0.15) is 21.5 Å². The Morgan fingerprint density at radius 1 is 1.21 bits per heavy atom. The summed E-state index contributed by atoms with van der Waals surface area (Å²) in [4.78, 5) is 29.9. The number of amides is 2. The van der Waals surface area contributed by atoms with Crippen molar-refractivity contribution in [2.75, 3.05) is 40.1 Å². The van der Waals surface area contributed by atoms with E-state index in [1.54, 1.807) is 31.4 Å². The highest BCUT2D eigenvalue weighted by Crippen LogP contribution is 2.35. The van der Waals surface area contributed by atoms with Gasteiger partial charge in [0, 0.05) is 42.0 Å². The third-order valence-electron chi connectivity index (χ3n) is 5.27. The summed E-state index contributed by atoms with van der Waals surface area (Å²) in [6.45, 7) is 0.813. The molecule has 8 heteroatoms. The summed E-state index contributed by atoms with van der Waals surface area (Å²) < 4.78 is 11.3. The minimum atomic E-state index is -0.361. The number of rotatable bonds is 6. The first-order chi connectivity index (χ1) is 15.9. The Bertz CT molecular complexity index is 1290. The zero-order chi connectivity index (χ0) is 23.5. The number of methoxy groups -OCH3 is 1. The number of benzene rings is 2. The van der Waals surface area contributed by atoms with Crippen molar-refractivity contribution < 1.29 is 19.1 Å². The number of Topliss-reactive ketones (excluding diaryl/α,β-unsaturated/α-hetero) is 1. The molecule has 2 amide bonds. The quantitative estimate of drug-likeness (QED) is 0.495. The number of hydrogen-bond donors (Lipinski definition) is 3. The van der Waals surface area contributed by atoms with Gasteiger partial charge in [0.25, 0.3) is 0 Å². The molecule has 0 atom stereocenters. The van der Waals surface area contributed by atoms with Crippen LogP contribution in [0.4, 0.5) is 10.5 Å². The molecular formula is C25H26N4O4. The van der Waals surface area contributed by atoms with Gasteiger partial charge in [-0.15, -0.1) is 0 Å². The number of urea groups is 1. The molecule has 2 heterocycles. The summed E-state index contributed by atoms with van der Waals surface area (Å²) in [5.41, 5.74) is 3.66. The maximum absolute atomic E-state index is 13.0. The number of fused-ring (bicyclic) bond motifs is 2. The average molecular weight is 447 g/mol. The van der Waals surface area contributed by atoms with Crippen LogP contribution in [0.5, 0.6) is 11.5 Å². The van der Waals surface area contributed by atoms with Crippen LogP contribution in [0.3, 0.4) is 0 Å². The fourth-order valence-corrected chi connectivity index (χ4v) is 3.61. The van der Waals surface area contributed by atoms with Gasteiger partial charge in [-0.05, 0) is 50.5 Å². The summed E-state index contributed by atoms with van der Waals surface area (Å²) in [5.74, 6) is 1.15. The molecule has 33 heavy (non-hydrogen) atoms. The molecule has 1 aliphatic heterocycles. The van der Waals surface area contributed by atoms with Gasteiger partial charge in [0.05, 0.1) is 18.2 Å². The van der Waals surface area contributed by atoms with Crippen LogP contribution in [0.25, 0.3) is 23.1 Å². The van der Waals surface area contributed by atoms with Crippen LogP contribution in [0, 0.1) is 0 Å². The summed E-state index contributed by atoms with van der Waals surface area (Å²) in [6.07, 6.45) is 7.70. The predicted octanol–water partition coefficient (Wildman–Crippen LogP) is 4.12. The van der Waals surface area contributed by atoms with E-state index >= 15 is 0 Å². The largest absolute Gasteiger partial charge is 0.497 e. The van der Waals surface area contributed by atoms with E-state index in [-0.39, 0.29) is 17.6 Å². The lowest BCUT2D eigenvalue weighted by molar-refractivity contribution is 0.101. The Labute approximate surface area is 191 Å². The van der Waals surface area contributed by atoms with E-state index in [0.29, 0.717) is 17.0 Å². The second-order valence-corrected chi connectivity index (χ2v) is 7.90. The molecule has 3 N–H and O–H groups in total. The number of carbonyl (C=O) groups is 2. The van der Waals surface area contributed by atoms with Crippen molar-refractivity contribution >= 4 is 40.6 Å². The highest BCUT2D eigenvalue weighted by atomic mass is 16.5. The molecule has 1 aliphatic rings. The van der Waals surface area contributed by atoms with E-state index in [2.05, 4.69) is 26.6 Å². The van der Waals surface area contributed by atoms with Gasteiger partial charge in [0.1, 0.15) is 11.5 Å². The SMILES string of the molecule is CNC(=O)Nc1ccc2c(c1)C(=O)C(=Cc1c[nH]c3c(C=CCN(C)C)cc(OC)cc13)O2. The van der Waals surface area contributed by atoms with Gasteiger partial charge >= 0.3 is 6.03 Å². The average Bonchev–Trinajstić information content (AvgIpc) is 3.34. The van der Waals surface area contributed by atoms with E-state index in [4.69, 9.17) is 9.47 Å². The Hall–Kier alpha value is -4.04. The van der Waals surface area contributed by atoms with Gasteiger partial charge in [0.2, 0.25) is 5.78 Å². The predicted molar refractivity (Wildman–Crippen MR) is 130 cm³/mol. The number of likely N-dealkylation sites (N-methyl/N-ethyl adjacent to an activating group) is 1. The molecule has 0 aliphatic carbocycles. The molecular weight excluding hydrogens is 420 g/mol. The smallest absolute Gasteiger partial charge is 0.318 e. The van der Waals surface area contributed by atoms with Gasteiger partial charge in [-0.2, -0.15) is 0 Å². The number of nitrogens with zero attached hydrogens (tertiary/aromatic N) is 1. The molecule has 170 valence electrons. The lowest BCUT2D eigenvalue weighted by atomic mass is 10.1. The van der Waals surface area contributed by atoms with Gasteiger partial charge in [-0.1, -0.05) is 12.2 Å².